The van der Waals surface area contributed by atoms with Gasteiger partial charge in [0.1, 0.15) is 0 Å². The molecule has 0 saturated carbocycles. The number of benzene rings is 2. The summed E-state index contributed by atoms with van der Waals surface area (Å²) < 4.78 is 0. The van der Waals surface area contributed by atoms with Crippen LogP contribution in [0.1, 0.15) is 65.5 Å². The quantitative estimate of drug-likeness (QED) is 0.361. The van der Waals surface area contributed by atoms with Gasteiger partial charge in [-0.25, -0.2) is 0 Å². The molecule has 0 N–H and O–H groups in total. The van der Waals surface area contributed by atoms with Crippen LogP contribution < -0.4 is 0 Å². The minimum absolute atomic E-state index is 0.115. The number of rotatable bonds is 0. The Bertz CT molecular complexity index is 1400. The predicted octanol–water partition coefficient (Wildman–Crippen LogP) is 5.44. The van der Waals surface area contributed by atoms with Crippen molar-refractivity contribution in [1.29, 1.82) is 0 Å². The molecule has 2 heterocycles. The number of hydrogen-bond donors (Lipinski definition) is 0. The molecule has 2 aliphatic carbocycles. The molecule has 0 fully saturated rings. The fourth-order valence-corrected chi connectivity index (χ4v) is 4.84. The maximum absolute atomic E-state index is 12.4. The number of pyridine rings is 2. The van der Waals surface area contributed by atoms with E-state index in [4.69, 9.17) is 0 Å². The summed E-state index contributed by atoms with van der Waals surface area (Å²) in [6.07, 6.45) is 7.00. The minimum atomic E-state index is 0.115. The van der Waals surface area contributed by atoms with Crippen LogP contribution in [0, 0.1) is 13.8 Å². The van der Waals surface area contributed by atoms with Gasteiger partial charge >= 0.3 is 0 Å². The van der Waals surface area contributed by atoms with Gasteiger partial charge in [-0.15, -0.1) is 0 Å². The molecule has 0 spiro atoms. The zero-order chi connectivity index (χ0) is 23.7. The van der Waals surface area contributed by atoms with E-state index >= 15 is 0 Å². The maximum atomic E-state index is 12.4. The van der Waals surface area contributed by atoms with Crippen LogP contribution in [0.3, 0.4) is 0 Å². The van der Waals surface area contributed by atoms with E-state index in [1.54, 1.807) is 12.4 Å². The van der Waals surface area contributed by atoms with Crippen molar-refractivity contribution in [2.45, 2.75) is 39.5 Å². The second-order valence-electron chi connectivity index (χ2n) is 8.92. The van der Waals surface area contributed by atoms with Crippen molar-refractivity contribution in [1.82, 2.24) is 9.97 Å². The molecule has 2 aromatic carbocycles. The molecule has 4 nitrogen and oxygen atoms in total. The first kappa shape index (κ1) is 21.9. The second kappa shape index (κ2) is 9.14. The molecular formula is C30H26N2O2. The highest BCUT2D eigenvalue weighted by Crippen LogP contribution is 2.26. The first-order chi connectivity index (χ1) is 16.5. The molecule has 4 heteroatoms. The van der Waals surface area contributed by atoms with Gasteiger partial charge in [-0.05, 0) is 86.6 Å². The molecule has 34 heavy (non-hydrogen) atoms. The zero-order valence-corrected chi connectivity index (χ0v) is 19.5. The molecule has 2 aliphatic rings. The lowest BCUT2D eigenvalue weighted by Gasteiger charge is -2.07. The fraction of sp³-hybridized carbons (Fsp3) is 0.200. The summed E-state index contributed by atoms with van der Waals surface area (Å²) in [6.45, 7) is 4.08. The molecule has 168 valence electrons. The monoisotopic (exact) mass is 446 g/mol. The largest absolute Gasteiger partial charge is 0.289 e. The van der Waals surface area contributed by atoms with E-state index in [1.165, 1.54) is 11.1 Å². The molecule has 6 rings (SSSR count). The number of aryl methyl sites for hydroxylation is 5. The van der Waals surface area contributed by atoms with Gasteiger partial charge in [0.15, 0.2) is 11.6 Å². The average Bonchev–Trinajstić information content (AvgIpc) is 3.09. The fourth-order valence-electron chi connectivity index (χ4n) is 4.84. The van der Waals surface area contributed by atoms with Gasteiger partial charge in [-0.3, -0.25) is 19.6 Å². The summed E-state index contributed by atoms with van der Waals surface area (Å²) in [4.78, 5) is 33.5. The lowest BCUT2D eigenvalue weighted by molar-refractivity contribution is 0.103. The highest BCUT2D eigenvalue weighted by molar-refractivity contribution is 6.11. The lowest BCUT2D eigenvalue weighted by atomic mass is 9.96. The van der Waals surface area contributed by atoms with E-state index in [1.807, 2.05) is 49.4 Å². The van der Waals surface area contributed by atoms with Crippen molar-refractivity contribution in [2.24, 2.45) is 0 Å². The number of ketones is 2. The highest BCUT2D eigenvalue weighted by atomic mass is 16.1. The van der Waals surface area contributed by atoms with E-state index < -0.39 is 0 Å². The number of hydrogen-bond acceptors (Lipinski definition) is 4. The van der Waals surface area contributed by atoms with E-state index in [-0.39, 0.29) is 11.6 Å². The van der Waals surface area contributed by atoms with Crippen molar-refractivity contribution < 1.29 is 9.59 Å². The molecule has 0 atom stereocenters. The summed E-state index contributed by atoms with van der Waals surface area (Å²) in [7, 11) is 0. The van der Waals surface area contributed by atoms with E-state index in [2.05, 4.69) is 35.1 Å². The maximum Gasteiger partial charge on any atom is 0.195 e. The predicted molar refractivity (Wildman–Crippen MR) is 133 cm³/mol. The third kappa shape index (κ3) is 4.08. The van der Waals surface area contributed by atoms with E-state index in [0.717, 1.165) is 70.5 Å². The summed E-state index contributed by atoms with van der Waals surface area (Å²) in [5.41, 5.74) is 9.70. The summed E-state index contributed by atoms with van der Waals surface area (Å²) in [6, 6.07) is 19.5. The summed E-state index contributed by atoms with van der Waals surface area (Å²) in [5, 5.41) is 0. The smallest absolute Gasteiger partial charge is 0.195 e. The van der Waals surface area contributed by atoms with Crippen molar-refractivity contribution >= 4 is 11.6 Å². The van der Waals surface area contributed by atoms with Gasteiger partial charge in [-0.1, -0.05) is 35.9 Å². The van der Waals surface area contributed by atoms with Crippen molar-refractivity contribution in [3.05, 3.63) is 129 Å². The zero-order valence-electron chi connectivity index (χ0n) is 19.5. The van der Waals surface area contributed by atoms with Crippen molar-refractivity contribution in [3.8, 4) is 0 Å². The second-order valence-corrected chi connectivity index (χ2v) is 8.92. The number of fused-ring (bicyclic) bond motifs is 4. The van der Waals surface area contributed by atoms with Gasteiger partial charge in [0.05, 0.1) is 11.4 Å². The Labute approximate surface area is 199 Å². The number of carbonyl (C=O) groups excluding carboxylic acids is 2. The Hall–Kier alpha value is -3.92. The Morgan fingerprint density at radius 1 is 0.618 bits per heavy atom. The first-order valence-corrected chi connectivity index (χ1v) is 11.7. The van der Waals surface area contributed by atoms with Crippen molar-refractivity contribution in [3.63, 3.8) is 0 Å². The summed E-state index contributed by atoms with van der Waals surface area (Å²) >= 11 is 0. The van der Waals surface area contributed by atoms with Crippen LogP contribution >= 0.6 is 0 Å². The van der Waals surface area contributed by atoms with Gasteiger partial charge in [0.2, 0.25) is 0 Å². The number of aromatic nitrogens is 2. The van der Waals surface area contributed by atoms with Crippen LogP contribution in [-0.4, -0.2) is 21.5 Å². The molecule has 0 unspecified atom stereocenters. The van der Waals surface area contributed by atoms with Crippen LogP contribution in [-0.2, 0) is 25.7 Å². The molecule has 2 aromatic heterocycles. The SMILES string of the molecule is Cc1ccc2c(c1)C(=O)c1cccnc1CC2.Cc1cccc2c1CCc1ncccc1C2=O. The third-order valence-corrected chi connectivity index (χ3v) is 6.68. The molecule has 0 radical (unpaired) electrons. The van der Waals surface area contributed by atoms with Crippen LogP contribution in [0.5, 0.6) is 0 Å². The Balaban J connectivity index is 0.000000142. The normalized spacial score (nSPS) is 13.8. The van der Waals surface area contributed by atoms with Gasteiger partial charge in [-0.2, -0.15) is 0 Å². The average molecular weight is 447 g/mol. The van der Waals surface area contributed by atoms with Crippen LogP contribution in [0.4, 0.5) is 0 Å². The lowest BCUT2D eigenvalue weighted by Crippen LogP contribution is -2.05. The minimum Gasteiger partial charge on any atom is -0.289 e. The molecular weight excluding hydrogens is 420 g/mol. The number of carbonyl (C=O) groups is 2. The molecule has 0 aliphatic heterocycles. The van der Waals surface area contributed by atoms with Gasteiger partial charge < -0.3 is 0 Å². The standard InChI is InChI=1S/2C15H13NO/c1-10-4-2-5-12-11(10)7-8-14-13(15(12)17)6-3-9-16-14;1-10-4-5-11-6-7-14-12(3-2-8-16-14)15(17)13(11)9-10/h2-6,9H,7-8H2,1H3;2-5,8-9H,6-7H2,1H3. The van der Waals surface area contributed by atoms with Crippen LogP contribution in [0.25, 0.3) is 0 Å². The van der Waals surface area contributed by atoms with Crippen LogP contribution in [0.2, 0.25) is 0 Å². The topological polar surface area (TPSA) is 59.9 Å². The summed E-state index contributed by atoms with van der Waals surface area (Å²) in [5.74, 6) is 0.230. The molecule has 0 amide bonds. The first-order valence-electron chi connectivity index (χ1n) is 11.7. The van der Waals surface area contributed by atoms with Crippen molar-refractivity contribution in [2.75, 3.05) is 0 Å². The molecule has 0 bridgehead atoms. The van der Waals surface area contributed by atoms with E-state index in [0.29, 0.717) is 0 Å². The Kier molecular flexibility index (Phi) is 5.89. The third-order valence-electron chi connectivity index (χ3n) is 6.68. The Morgan fingerprint density at radius 2 is 1.24 bits per heavy atom. The highest BCUT2D eigenvalue weighted by Gasteiger charge is 2.23. The molecule has 4 aromatic rings. The molecule has 0 saturated heterocycles. The van der Waals surface area contributed by atoms with Crippen LogP contribution in [0.15, 0.2) is 73.1 Å². The van der Waals surface area contributed by atoms with Gasteiger partial charge in [0, 0.05) is 34.6 Å². The number of nitrogens with zero attached hydrogens (tertiary/aromatic N) is 2. The Morgan fingerprint density at radius 3 is 1.94 bits per heavy atom. The van der Waals surface area contributed by atoms with Gasteiger partial charge in [0.25, 0.3) is 0 Å². The van der Waals surface area contributed by atoms with E-state index in [9.17, 15) is 9.59 Å².